The van der Waals surface area contributed by atoms with Crippen LogP contribution in [0.4, 0.5) is 13.2 Å². The molecule has 0 saturated heterocycles. The molecule has 2 rings (SSSR count). The fourth-order valence-electron chi connectivity index (χ4n) is 1.73. The Kier molecular flexibility index (Phi) is 4.53. The molecule has 0 radical (unpaired) electrons. The SMILES string of the molecule is O=C(NCc1ccc(C(F)(F)F)cc1)c1cccc(Cl)c1. The van der Waals surface area contributed by atoms with Crippen LogP contribution in [-0.2, 0) is 12.7 Å². The molecule has 2 aromatic carbocycles. The minimum absolute atomic E-state index is 0.142. The van der Waals surface area contributed by atoms with Crippen molar-refractivity contribution < 1.29 is 18.0 Å². The summed E-state index contributed by atoms with van der Waals surface area (Å²) in [7, 11) is 0. The smallest absolute Gasteiger partial charge is 0.348 e. The number of amides is 1. The Morgan fingerprint density at radius 1 is 1.10 bits per heavy atom. The van der Waals surface area contributed by atoms with Crippen LogP contribution in [0.25, 0.3) is 0 Å². The molecular weight excluding hydrogens is 303 g/mol. The predicted molar refractivity (Wildman–Crippen MR) is 74.1 cm³/mol. The van der Waals surface area contributed by atoms with E-state index in [1.54, 1.807) is 18.2 Å². The Bertz CT molecular complexity index is 638. The van der Waals surface area contributed by atoms with Crippen LogP contribution in [0, 0.1) is 0 Å². The number of halogens is 4. The zero-order chi connectivity index (χ0) is 15.5. The number of nitrogens with one attached hydrogen (secondary N) is 1. The van der Waals surface area contributed by atoms with Gasteiger partial charge < -0.3 is 5.32 Å². The molecule has 21 heavy (non-hydrogen) atoms. The second kappa shape index (κ2) is 6.18. The monoisotopic (exact) mass is 313 g/mol. The van der Waals surface area contributed by atoms with Gasteiger partial charge in [-0.25, -0.2) is 0 Å². The van der Waals surface area contributed by atoms with Crippen LogP contribution in [0.1, 0.15) is 21.5 Å². The highest BCUT2D eigenvalue weighted by atomic mass is 35.5. The molecule has 0 saturated carbocycles. The van der Waals surface area contributed by atoms with Crippen LogP contribution in [0.15, 0.2) is 48.5 Å². The molecule has 0 unspecified atom stereocenters. The van der Waals surface area contributed by atoms with Gasteiger partial charge >= 0.3 is 6.18 Å². The molecule has 110 valence electrons. The van der Waals surface area contributed by atoms with Crippen LogP contribution < -0.4 is 5.32 Å². The van der Waals surface area contributed by atoms with Crippen molar-refractivity contribution in [1.82, 2.24) is 5.32 Å². The minimum Gasteiger partial charge on any atom is -0.348 e. The van der Waals surface area contributed by atoms with Crippen LogP contribution in [0.2, 0.25) is 5.02 Å². The van der Waals surface area contributed by atoms with E-state index in [2.05, 4.69) is 5.32 Å². The molecular formula is C15H11ClF3NO. The van der Waals surface area contributed by atoms with Crippen molar-refractivity contribution in [1.29, 1.82) is 0 Å². The summed E-state index contributed by atoms with van der Waals surface area (Å²) < 4.78 is 37.2. The van der Waals surface area contributed by atoms with Crippen LogP contribution >= 0.6 is 11.6 Å². The molecule has 0 aliphatic rings. The Balaban J connectivity index is 1.98. The first-order valence-electron chi connectivity index (χ1n) is 6.06. The van der Waals surface area contributed by atoms with E-state index < -0.39 is 11.7 Å². The lowest BCUT2D eigenvalue weighted by molar-refractivity contribution is -0.137. The van der Waals surface area contributed by atoms with Gasteiger partial charge in [0.2, 0.25) is 0 Å². The molecule has 2 aromatic rings. The molecule has 0 atom stereocenters. The highest BCUT2D eigenvalue weighted by Gasteiger charge is 2.29. The third-order valence-corrected chi connectivity index (χ3v) is 3.06. The number of benzene rings is 2. The largest absolute Gasteiger partial charge is 0.416 e. The van der Waals surface area contributed by atoms with E-state index in [1.807, 2.05) is 0 Å². The van der Waals surface area contributed by atoms with Gasteiger partial charge in [-0.05, 0) is 35.9 Å². The van der Waals surface area contributed by atoms with Gasteiger partial charge in [0, 0.05) is 17.1 Å². The molecule has 0 spiro atoms. The number of carbonyl (C=O) groups is 1. The first-order valence-corrected chi connectivity index (χ1v) is 6.44. The van der Waals surface area contributed by atoms with Crippen molar-refractivity contribution in [3.63, 3.8) is 0 Å². The number of rotatable bonds is 3. The molecule has 0 aliphatic heterocycles. The van der Waals surface area contributed by atoms with Crippen LogP contribution in [0.3, 0.4) is 0 Å². The van der Waals surface area contributed by atoms with Crippen molar-refractivity contribution in [2.75, 3.05) is 0 Å². The Hall–Kier alpha value is -2.01. The minimum atomic E-state index is -4.36. The lowest BCUT2D eigenvalue weighted by Gasteiger charge is -2.09. The average molecular weight is 314 g/mol. The zero-order valence-electron chi connectivity index (χ0n) is 10.7. The predicted octanol–water partition coefficient (Wildman–Crippen LogP) is 4.29. The quantitative estimate of drug-likeness (QED) is 0.900. The number of carbonyl (C=O) groups excluding carboxylic acids is 1. The Morgan fingerprint density at radius 3 is 2.33 bits per heavy atom. The van der Waals surface area contributed by atoms with E-state index in [0.29, 0.717) is 16.1 Å². The highest BCUT2D eigenvalue weighted by Crippen LogP contribution is 2.29. The standard InChI is InChI=1S/C15H11ClF3NO/c16-13-3-1-2-11(8-13)14(21)20-9-10-4-6-12(7-5-10)15(17,18)19/h1-8H,9H2,(H,20,21). The summed E-state index contributed by atoms with van der Waals surface area (Å²) in [6.45, 7) is 0.142. The van der Waals surface area contributed by atoms with Gasteiger partial charge in [-0.3, -0.25) is 4.79 Å². The van der Waals surface area contributed by atoms with Crippen LogP contribution in [0.5, 0.6) is 0 Å². The number of hydrogen-bond acceptors (Lipinski definition) is 1. The summed E-state index contributed by atoms with van der Waals surface area (Å²) in [6.07, 6.45) is -4.36. The lowest BCUT2D eigenvalue weighted by Crippen LogP contribution is -2.22. The van der Waals surface area contributed by atoms with E-state index >= 15 is 0 Å². The van der Waals surface area contributed by atoms with E-state index in [0.717, 1.165) is 12.1 Å². The van der Waals surface area contributed by atoms with Crippen molar-refractivity contribution in [2.24, 2.45) is 0 Å². The maximum Gasteiger partial charge on any atom is 0.416 e. The zero-order valence-corrected chi connectivity index (χ0v) is 11.5. The van der Waals surface area contributed by atoms with Crippen molar-refractivity contribution in [3.05, 3.63) is 70.2 Å². The van der Waals surface area contributed by atoms with Gasteiger partial charge in [0.15, 0.2) is 0 Å². The summed E-state index contributed by atoms with van der Waals surface area (Å²) in [6, 6.07) is 11.1. The molecule has 6 heteroatoms. The third kappa shape index (κ3) is 4.23. The third-order valence-electron chi connectivity index (χ3n) is 2.82. The second-order valence-corrected chi connectivity index (χ2v) is 4.82. The second-order valence-electron chi connectivity index (χ2n) is 4.39. The van der Waals surface area contributed by atoms with E-state index in [1.165, 1.54) is 18.2 Å². The number of hydrogen-bond donors (Lipinski definition) is 1. The van der Waals surface area contributed by atoms with Crippen molar-refractivity contribution in [2.45, 2.75) is 12.7 Å². The van der Waals surface area contributed by atoms with Crippen LogP contribution in [-0.4, -0.2) is 5.91 Å². The van der Waals surface area contributed by atoms with Gasteiger partial charge in [-0.2, -0.15) is 13.2 Å². The fraction of sp³-hybridized carbons (Fsp3) is 0.133. The molecule has 1 N–H and O–H groups in total. The first kappa shape index (κ1) is 15.4. The maximum atomic E-state index is 12.4. The van der Waals surface area contributed by atoms with Gasteiger partial charge in [-0.1, -0.05) is 29.8 Å². The fourth-order valence-corrected chi connectivity index (χ4v) is 1.92. The summed E-state index contributed by atoms with van der Waals surface area (Å²) >= 11 is 5.78. The maximum absolute atomic E-state index is 12.4. The summed E-state index contributed by atoms with van der Waals surface area (Å²) in [5.41, 5.74) is 0.264. The highest BCUT2D eigenvalue weighted by molar-refractivity contribution is 6.30. The normalized spacial score (nSPS) is 11.2. The van der Waals surface area contributed by atoms with Gasteiger partial charge in [0.25, 0.3) is 5.91 Å². The molecule has 0 heterocycles. The topological polar surface area (TPSA) is 29.1 Å². The lowest BCUT2D eigenvalue weighted by atomic mass is 10.1. The van der Waals surface area contributed by atoms with Crippen molar-refractivity contribution >= 4 is 17.5 Å². The van der Waals surface area contributed by atoms with E-state index in [-0.39, 0.29) is 12.5 Å². The van der Waals surface area contributed by atoms with Gasteiger partial charge in [-0.15, -0.1) is 0 Å². The average Bonchev–Trinajstić information content (AvgIpc) is 2.44. The Morgan fingerprint density at radius 2 is 1.76 bits per heavy atom. The van der Waals surface area contributed by atoms with E-state index in [9.17, 15) is 18.0 Å². The summed E-state index contributed by atoms with van der Waals surface area (Å²) in [4.78, 5) is 11.8. The number of alkyl halides is 3. The van der Waals surface area contributed by atoms with E-state index in [4.69, 9.17) is 11.6 Å². The molecule has 0 aromatic heterocycles. The Labute approximate surface area is 124 Å². The summed E-state index contributed by atoms with van der Waals surface area (Å²) in [5, 5.41) is 3.06. The molecule has 0 aliphatic carbocycles. The van der Waals surface area contributed by atoms with Gasteiger partial charge in [0.1, 0.15) is 0 Å². The molecule has 0 bridgehead atoms. The molecule has 2 nitrogen and oxygen atoms in total. The first-order chi connectivity index (χ1) is 9.86. The summed E-state index contributed by atoms with van der Waals surface area (Å²) in [5.74, 6) is -0.336. The van der Waals surface area contributed by atoms with Gasteiger partial charge in [0.05, 0.1) is 5.56 Å². The molecule has 0 fully saturated rings. The van der Waals surface area contributed by atoms with Crippen molar-refractivity contribution in [3.8, 4) is 0 Å². The molecule has 1 amide bonds.